The second kappa shape index (κ2) is 3.80. The van der Waals surface area contributed by atoms with E-state index in [0.29, 0.717) is 5.02 Å². The minimum Gasteiger partial charge on any atom is -0.244 e. The van der Waals surface area contributed by atoms with Gasteiger partial charge < -0.3 is 0 Å². The second-order valence-corrected chi connectivity index (χ2v) is 4.92. The van der Waals surface area contributed by atoms with Crippen molar-refractivity contribution in [2.75, 3.05) is 0 Å². The quantitative estimate of drug-likeness (QED) is 0.635. The number of pyridine rings is 1. The second-order valence-electron chi connectivity index (χ2n) is 2.96. The molecule has 0 bridgehead atoms. The molecule has 0 atom stereocenters. The van der Waals surface area contributed by atoms with Gasteiger partial charge >= 0.3 is 0 Å². The first kappa shape index (κ1) is 10.4. The van der Waals surface area contributed by atoms with Crippen LogP contribution in [0.1, 0.15) is 5.69 Å². The molecule has 0 saturated carbocycles. The zero-order valence-corrected chi connectivity index (χ0v) is 11.2. The van der Waals surface area contributed by atoms with Gasteiger partial charge in [-0.15, -0.1) is 0 Å². The van der Waals surface area contributed by atoms with Gasteiger partial charge in [0.05, 0.1) is 10.7 Å². The lowest BCUT2D eigenvalue weighted by Crippen LogP contribution is -1.88. The van der Waals surface area contributed by atoms with Gasteiger partial charge in [0, 0.05) is 15.2 Å². The van der Waals surface area contributed by atoms with Gasteiger partial charge in [0.1, 0.15) is 4.60 Å². The number of aryl methyl sites for hydroxylation is 1. The van der Waals surface area contributed by atoms with Crippen LogP contribution in [-0.2, 0) is 0 Å². The molecule has 0 aliphatic rings. The van der Waals surface area contributed by atoms with Crippen molar-refractivity contribution in [3.8, 4) is 0 Å². The maximum absolute atomic E-state index is 6.10. The van der Waals surface area contributed by atoms with E-state index in [2.05, 4.69) is 36.8 Å². The van der Waals surface area contributed by atoms with Gasteiger partial charge in [-0.05, 0) is 44.8 Å². The monoisotopic (exact) mass is 333 g/mol. The maximum atomic E-state index is 6.10. The number of halogens is 3. The number of rotatable bonds is 0. The molecular weight excluding hydrogens is 329 g/mol. The predicted molar refractivity (Wildman–Crippen MR) is 66.9 cm³/mol. The Bertz CT molecular complexity index is 511. The standard InChI is InChI=1S/C10H6Br2ClN/c1-5-9(11)6-3-2-4-7(13)8(6)10(12)14-5/h2-4H,1H3. The third-order valence-corrected chi connectivity index (χ3v) is 3.93. The molecule has 0 amide bonds. The van der Waals surface area contributed by atoms with Gasteiger partial charge in [0.2, 0.25) is 0 Å². The van der Waals surface area contributed by atoms with Crippen LogP contribution in [0.25, 0.3) is 10.8 Å². The first-order valence-electron chi connectivity index (χ1n) is 4.01. The van der Waals surface area contributed by atoms with Crippen molar-refractivity contribution in [3.63, 3.8) is 0 Å². The van der Waals surface area contributed by atoms with Crippen molar-refractivity contribution < 1.29 is 0 Å². The molecule has 1 aromatic carbocycles. The topological polar surface area (TPSA) is 12.9 Å². The molecule has 2 rings (SSSR count). The summed E-state index contributed by atoms with van der Waals surface area (Å²) in [7, 11) is 0. The number of nitrogens with zero attached hydrogens (tertiary/aromatic N) is 1. The van der Waals surface area contributed by atoms with E-state index in [0.717, 1.165) is 25.5 Å². The summed E-state index contributed by atoms with van der Waals surface area (Å²) >= 11 is 13.0. The normalized spacial score (nSPS) is 10.9. The van der Waals surface area contributed by atoms with Crippen molar-refractivity contribution >= 4 is 54.2 Å². The average molecular weight is 335 g/mol. The summed E-state index contributed by atoms with van der Waals surface area (Å²) in [5, 5.41) is 2.74. The Morgan fingerprint density at radius 2 is 2.00 bits per heavy atom. The molecule has 72 valence electrons. The molecule has 1 heterocycles. The van der Waals surface area contributed by atoms with E-state index in [4.69, 9.17) is 11.6 Å². The molecule has 0 saturated heterocycles. The van der Waals surface area contributed by atoms with Crippen LogP contribution in [0.5, 0.6) is 0 Å². The molecule has 1 aromatic heterocycles. The van der Waals surface area contributed by atoms with Gasteiger partial charge in [-0.3, -0.25) is 0 Å². The summed E-state index contributed by atoms with van der Waals surface area (Å²) in [5.41, 5.74) is 0.951. The zero-order valence-electron chi connectivity index (χ0n) is 7.31. The maximum Gasteiger partial charge on any atom is 0.115 e. The summed E-state index contributed by atoms with van der Waals surface area (Å²) in [6.45, 7) is 1.95. The average Bonchev–Trinajstić information content (AvgIpc) is 2.14. The smallest absolute Gasteiger partial charge is 0.115 e. The first-order valence-corrected chi connectivity index (χ1v) is 5.97. The highest BCUT2D eigenvalue weighted by Gasteiger charge is 2.09. The van der Waals surface area contributed by atoms with Gasteiger partial charge in [-0.1, -0.05) is 23.7 Å². The highest BCUT2D eigenvalue weighted by atomic mass is 79.9. The van der Waals surface area contributed by atoms with Crippen LogP contribution < -0.4 is 0 Å². The molecular formula is C10H6Br2ClN. The molecule has 2 aromatic rings. The van der Waals surface area contributed by atoms with Crippen LogP contribution in [0.15, 0.2) is 27.3 Å². The molecule has 0 spiro atoms. The van der Waals surface area contributed by atoms with E-state index >= 15 is 0 Å². The van der Waals surface area contributed by atoms with Crippen LogP contribution in [0, 0.1) is 6.92 Å². The number of hydrogen-bond donors (Lipinski definition) is 0. The largest absolute Gasteiger partial charge is 0.244 e. The summed E-state index contributed by atoms with van der Waals surface area (Å²) in [5.74, 6) is 0. The number of aromatic nitrogens is 1. The van der Waals surface area contributed by atoms with E-state index in [1.807, 2.05) is 25.1 Å². The van der Waals surface area contributed by atoms with Crippen LogP contribution in [0.3, 0.4) is 0 Å². The molecule has 0 aliphatic carbocycles. The fourth-order valence-corrected chi connectivity index (χ4v) is 2.85. The van der Waals surface area contributed by atoms with Crippen LogP contribution >= 0.6 is 43.5 Å². The third kappa shape index (κ3) is 1.58. The Kier molecular flexibility index (Phi) is 2.82. The fraction of sp³-hybridized carbons (Fsp3) is 0.100. The van der Waals surface area contributed by atoms with Crippen molar-refractivity contribution in [1.82, 2.24) is 4.98 Å². The van der Waals surface area contributed by atoms with Crippen LogP contribution in [0.2, 0.25) is 5.02 Å². The van der Waals surface area contributed by atoms with Crippen LogP contribution in [0.4, 0.5) is 0 Å². The minimum atomic E-state index is 0.711. The number of fused-ring (bicyclic) bond motifs is 1. The molecule has 0 unspecified atom stereocenters. The molecule has 14 heavy (non-hydrogen) atoms. The summed E-state index contributed by atoms with van der Waals surface area (Å²) < 4.78 is 1.79. The molecule has 1 nitrogen and oxygen atoms in total. The fourth-order valence-electron chi connectivity index (χ4n) is 1.36. The summed E-state index contributed by atoms with van der Waals surface area (Å²) in [6.07, 6.45) is 0. The Hall–Kier alpha value is -0.120. The van der Waals surface area contributed by atoms with Gasteiger partial charge in [0.25, 0.3) is 0 Å². The molecule has 0 fully saturated rings. The number of benzene rings is 1. The van der Waals surface area contributed by atoms with Crippen molar-refractivity contribution in [2.45, 2.75) is 6.92 Å². The van der Waals surface area contributed by atoms with E-state index in [-0.39, 0.29) is 0 Å². The Labute approximate surface area is 104 Å². The van der Waals surface area contributed by atoms with Gasteiger partial charge in [-0.25, -0.2) is 4.98 Å². The van der Waals surface area contributed by atoms with Crippen LogP contribution in [-0.4, -0.2) is 4.98 Å². The van der Waals surface area contributed by atoms with Gasteiger partial charge in [-0.2, -0.15) is 0 Å². The Morgan fingerprint density at radius 1 is 1.29 bits per heavy atom. The van der Waals surface area contributed by atoms with Crippen molar-refractivity contribution in [1.29, 1.82) is 0 Å². The Morgan fingerprint density at radius 3 is 2.71 bits per heavy atom. The van der Waals surface area contributed by atoms with E-state index < -0.39 is 0 Å². The SMILES string of the molecule is Cc1nc(Br)c2c(Cl)cccc2c1Br. The predicted octanol–water partition coefficient (Wildman–Crippen LogP) is 4.72. The van der Waals surface area contributed by atoms with Gasteiger partial charge in [0.15, 0.2) is 0 Å². The highest BCUT2D eigenvalue weighted by molar-refractivity contribution is 9.11. The van der Waals surface area contributed by atoms with E-state index in [9.17, 15) is 0 Å². The Balaban J connectivity index is 3.02. The van der Waals surface area contributed by atoms with E-state index in [1.54, 1.807) is 0 Å². The van der Waals surface area contributed by atoms with Crippen molar-refractivity contribution in [2.24, 2.45) is 0 Å². The minimum absolute atomic E-state index is 0.711. The lowest BCUT2D eigenvalue weighted by molar-refractivity contribution is 1.18. The third-order valence-electron chi connectivity index (χ3n) is 2.04. The molecule has 0 radical (unpaired) electrons. The molecule has 0 N–H and O–H groups in total. The molecule has 4 heteroatoms. The zero-order chi connectivity index (χ0) is 10.3. The number of hydrogen-bond acceptors (Lipinski definition) is 1. The van der Waals surface area contributed by atoms with E-state index in [1.165, 1.54) is 0 Å². The first-order chi connectivity index (χ1) is 6.61. The highest BCUT2D eigenvalue weighted by Crippen LogP contribution is 2.35. The molecule has 0 aliphatic heterocycles. The lowest BCUT2D eigenvalue weighted by atomic mass is 10.1. The van der Waals surface area contributed by atoms with Crippen molar-refractivity contribution in [3.05, 3.63) is 38.0 Å². The lowest BCUT2D eigenvalue weighted by Gasteiger charge is -2.07. The summed E-state index contributed by atoms with van der Waals surface area (Å²) in [6, 6.07) is 5.81. The summed E-state index contributed by atoms with van der Waals surface area (Å²) in [4.78, 5) is 4.35.